The van der Waals surface area contributed by atoms with E-state index in [1.807, 2.05) is 0 Å². The molecule has 8 N–H and O–H groups in total. The van der Waals surface area contributed by atoms with E-state index in [0.29, 0.717) is 0 Å². The Morgan fingerprint density at radius 3 is 1.43 bits per heavy atom. The maximum Gasteiger partial charge on any atom is 0.189 e. The van der Waals surface area contributed by atoms with Crippen LogP contribution in [0.2, 0.25) is 0 Å². The van der Waals surface area contributed by atoms with Crippen LogP contribution in [0.1, 0.15) is 0 Å². The van der Waals surface area contributed by atoms with Gasteiger partial charge in [-0.25, -0.2) is 0 Å². The van der Waals surface area contributed by atoms with Gasteiger partial charge in [0.2, 0.25) is 0 Å². The number of hydrogen-bond donors (Lipinski definition) is 8. The predicted molar refractivity (Wildman–Crippen MR) is 68.6 cm³/mol. The summed E-state index contributed by atoms with van der Waals surface area (Å²) in [5.74, 6) is 0. The van der Waals surface area contributed by atoms with Gasteiger partial charge in [0.05, 0.1) is 0 Å². The van der Waals surface area contributed by atoms with Gasteiger partial charge in [-0.05, 0) is 0 Å². The number of methoxy groups -OCH3 is 1. The largest absolute Gasteiger partial charge is 0.387 e. The van der Waals surface area contributed by atoms with Crippen LogP contribution in [0.5, 0.6) is 0 Å². The van der Waals surface area contributed by atoms with E-state index in [2.05, 4.69) is 0 Å². The van der Waals surface area contributed by atoms with Crippen LogP contribution >= 0.6 is 0 Å². The van der Waals surface area contributed by atoms with Crippen LogP contribution < -0.4 is 0 Å². The third-order valence-corrected chi connectivity index (χ3v) is 4.12. The van der Waals surface area contributed by atoms with Crippen LogP contribution in [0.15, 0.2) is 0 Å². The third kappa shape index (κ3) is 3.36. The van der Waals surface area contributed by atoms with E-state index in [1.165, 1.54) is 7.11 Å². The molecule has 0 aromatic heterocycles. The summed E-state index contributed by atoms with van der Waals surface area (Å²) in [5.41, 5.74) is 0. The maximum atomic E-state index is 9.87. The highest BCUT2D eigenvalue weighted by atomic mass is 16.8. The van der Waals surface area contributed by atoms with Gasteiger partial charge in [-0.2, -0.15) is 0 Å². The average Bonchev–Trinajstić information content (AvgIpc) is 2.54. The molecule has 136 valence electrons. The van der Waals surface area contributed by atoms with Crippen molar-refractivity contribution in [3.8, 4) is 0 Å². The average molecular weight is 342 g/mol. The number of rotatable bonds is 3. The molecule has 0 amide bonds. The molecule has 2 rings (SSSR count). The molecule has 1 saturated carbocycles. The molecule has 9 atom stereocenters. The Hall–Kier alpha value is -0.440. The van der Waals surface area contributed by atoms with Gasteiger partial charge in [0, 0.05) is 7.11 Å². The monoisotopic (exact) mass is 342 g/mol. The predicted octanol–water partition coefficient (Wildman–Crippen LogP) is -5.40. The Kier molecular flexibility index (Phi) is 5.92. The first-order valence-electron chi connectivity index (χ1n) is 6.99. The molecule has 0 spiro atoms. The van der Waals surface area contributed by atoms with Gasteiger partial charge in [0.25, 0.3) is 0 Å². The molecule has 9 unspecified atom stereocenters. The lowest BCUT2D eigenvalue weighted by molar-refractivity contribution is -0.369. The number of aliphatic hydroxyl groups is 8. The van der Waals surface area contributed by atoms with Crippen molar-refractivity contribution in [1.82, 2.24) is 0 Å². The summed E-state index contributed by atoms with van der Waals surface area (Å²) in [6.07, 6.45) is -18.7. The van der Waals surface area contributed by atoms with E-state index in [4.69, 9.17) is 14.2 Å². The van der Waals surface area contributed by atoms with Crippen molar-refractivity contribution >= 4 is 0 Å². The van der Waals surface area contributed by atoms with Gasteiger partial charge in [-0.15, -0.1) is 0 Å². The first-order valence-corrected chi connectivity index (χ1v) is 6.99. The van der Waals surface area contributed by atoms with Crippen LogP contribution in [0.25, 0.3) is 0 Å². The number of hydrogen-bond acceptors (Lipinski definition) is 11. The second-order valence-corrected chi connectivity index (χ2v) is 5.63. The molecule has 1 heterocycles. The quantitative estimate of drug-likeness (QED) is 0.244. The summed E-state index contributed by atoms with van der Waals surface area (Å²) in [6, 6.07) is 0. The summed E-state index contributed by atoms with van der Waals surface area (Å²) < 4.78 is 15.0. The maximum absolute atomic E-state index is 9.87. The SMILES string of the molecule is COC1OC(OC2C(O)C(O)C(O)C(O)C2O)C(O)C(O)C1O. The van der Waals surface area contributed by atoms with E-state index in [1.54, 1.807) is 0 Å². The normalized spacial score (nSPS) is 54.9. The summed E-state index contributed by atoms with van der Waals surface area (Å²) in [6.45, 7) is 0. The van der Waals surface area contributed by atoms with Gasteiger partial charge in [0.15, 0.2) is 12.6 Å². The molecule has 0 bridgehead atoms. The zero-order valence-electron chi connectivity index (χ0n) is 12.2. The van der Waals surface area contributed by atoms with Crippen LogP contribution in [-0.2, 0) is 14.2 Å². The summed E-state index contributed by atoms with van der Waals surface area (Å²) >= 11 is 0. The lowest BCUT2D eigenvalue weighted by Crippen LogP contribution is -2.67. The minimum absolute atomic E-state index is 1.17. The fourth-order valence-electron chi connectivity index (χ4n) is 2.64. The zero-order valence-corrected chi connectivity index (χ0v) is 12.2. The summed E-state index contributed by atoms with van der Waals surface area (Å²) in [4.78, 5) is 0. The van der Waals surface area contributed by atoms with E-state index >= 15 is 0 Å². The topological polar surface area (TPSA) is 190 Å². The smallest absolute Gasteiger partial charge is 0.189 e. The van der Waals surface area contributed by atoms with Crippen molar-refractivity contribution in [2.75, 3.05) is 7.11 Å². The van der Waals surface area contributed by atoms with Crippen molar-refractivity contribution < 1.29 is 55.1 Å². The fraction of sp³-hybridized carbons (Fsp3) is 1.00. The van der Waals surface area contributed by atoms with Crippen molar-refractivity contribution in [2.24, 2.45) is 0 Å². The van der Waals surface area contributed by atoms with E-state index in [9.17, 15) is 40.9 Å². The Morgan fingerprint density at radius 2 is 0.957 bits per heavy atom. The second-order valence-electron chi connectivity index (χ2n) is 5.63. The van der Waals surface area contributed by atoms with Gasteiger partial charge in [-0.1, -0.05) is 0 Å². The molecule has 0 radical (unpaired) electrons. The second kappa shape index (κ2) is 7.21. The molecule has 23 heavy (non-hydrogen) atoms. The standard InChI is InChI=1S/C12H22O11/c1-21-11-8(19)5(16)9(20)12(23-11)22-10-6(17)3(14)2(13)4(15)7(10)18/h2-20H,1H3. The van der Waals surface area contributed by atoms with Crippen LogP contribution in [0.4, 0.5) is 0 Å². The van der Waals surface area contributed by atoms with Crippen LogP contribution in [0.3, 0.4) is 0 Å². The van der Waals surface area contributed by atoms with Gasteiger partial charge in [-0.3, -0.25) is 0 Å². The molecule has 1 saturated heterocycles. The highest BCUT2D eigenvalue weighted by Crippen LogP contribution is 2.29. The third-order valence-electron chi connectivity index (χ3n) is 4.12. The molecule has 1 aliphatic heterocycles. The molecule has 11 heteroatoms. The Morgan fingerprint density at radius 1 is 0.565 bits per heavy atom. The van der Waals surface area contributed by atoms with Gasteiger partial charge >= 0.3 is 0 Å². The molecule has 0 aromatic rings. The van der Waals surface area contributed by atoms with Crippen molar-refractivity contribution in [3.63, 3.8) is 0 Å². The van der Waals surface area contributed by atoms with Crippen molar-refractivity contribution in [3.05, 3.63) is 0 Å². The lowest BCUT2D eigenvalue weighted by Gasteiger charge is -2.45. The van der Waals surface area contributed by atoms with Crippen molar-refractivity contribution in [2.45, 2.75) is 67.5 Å². The molecule has 11 nitrogen and oxygen atoms in total. The fourth-order valence-corrected chi connectivity index (χ4v) is 2.64. The molecular weight excluding hydrogens is 320 g/mol. The molecule has 2 fully saturated rings. The lowest BCUT2D eigenvalue weighted by atomic mass is 9.85. The highest BCUT2D eigenvalue weighted by molar-refractivity contribution is 5.00. The first-order chi connectivity index (χ1) is 10.7. The van der Waals surface area contributed by atoms with Crippen molar-refractivity contribution in [1.29, 1.82) is 0 Å². The van der Waals surface area contributed by atoms with Crippen LogP contribution in [0, 0.1) is 0 Å². The molecule has 2 aliphatic rings. The minimum Gasteiger partial charge on any atom is -0.387 e. The first kappa shape index (κ1) is 18.9. The van der Waals surface area contributed by atoms with E-state index < -0.39 is 67.5 Å². The number of ether oxygens (including phenoxy) is 3. The Labute approximate surface area is 130 Å². The van der Waals surface area contributed by atoms with Gasteiger partial charge < -0.3 is 55.1 Å². The minimum atomic E-state index is -1.81. The van der Waals surface area contributed by atoms with E-state index in [-0.39, 0.29) is 0 Å². The zero-order chi connectivity index (χ0) is 17.5. The number of aliphatic hydroxyl groups excluding tert-OH is 8. The molecular formula is C12H22O11. The van der Waals surface area contributed by atoms with Crippen LogP contribution in [-0.4, -0.2) is 115 Å². The highest BCUT2D eigenvalue weighted by Gasteiger charge is 2.52. The molecule has 1 aliphatic carbocycles. The van der Waals surface area contributed by atoms with Gasteiger partial charge in [0.1, 0.15) is 54.9 Å². The van der Waals surface area contributed by atoms with E-state index in [0.717, 1.165) is 0 Å². The summed E-state index contributed by atoms with van der Waals surface area (Å²) in [7, 11) is 1.17. The Bertz CT molecular complexity index is 377. The Balaban J connectivity index is 2.13. The molecule has 0 aromatic carbocycles. The summed E-state index contributed by atoms with van der Waals surface area (Å²) in [5, 5.41) is 77.7.